The molecule has 0 aromatic heterocycles. The van der Waals surface area contributed by atoms with Crippen molar-refractivity contribution in [3.63, 3.8) is 0 Å². The minimum atomic E-state index is -3.62. The van der Waals surface area contributed by atoms with Gasteiger partial charge in [0.25, 0.3) is 0 Å². The zero-order valence-electron chi connectivity index (χ0n) is 16.3. The number of ether oxygens (including phenoxy) is 1. The van der Waals surface area contributed by atoms with Gasteiger partial charge in [-0.15, -0.1) is 0 Å². The van der Waals surface area contributed by atoms with Crippen molar-refractivity contribution in [3.05, 3.63) is 59.2 Å². The number of para-hydroxylation sites is 1. The van der Waals surface area contributed by atoms with E-state index in [2.05, 4.69) is 5.32 Å². The lowest BCUT2D eigenvalue weighted by atomic mass is 10.1. The standard InChI is InChI=1S/C20H26N2O4S/c1-14-10-11-15(2)18(12-14)22(27(5,24)25)13-20(23)21-16(3)17-8-6-7-9-19(17)26-4/h6-12,16H,13H2,1-5H3,(H,21,23). The summed E-state index contributed by atoms with van der Waals surface area (Å²) in [5.74, 6) is 0.277. The van der Waals surface area contributed by atoms with E-state index in [4.69, 9.17) is 4.74 Å². The Bertz CT molecular complexity index is 925. The molecule has 0 aliphatic rings. The van der Waals surface area contributed by atoms with Crippen LogP contribution in [0.1, 0.15) is 29.7 Å². The molecule has 0 saturated carbocycles. The van der Waals surface area contributed by atoms with Crippen molar-refractivity contribution in [2.24, 2.45) is 0 Å². The normalized spacial score (nSPS) is 12.3. The Morgan fingerprint density at radius 1 is 1.19 bits per heavy atom. The monoisotopic (exact) mass is 390 g/mol. The van der Waals surface area contributed by atoms with Gasteiger partial charge in [-0.3, -0.25) is 9.10 Å². The average Bonchev–Trinajstić information content (AvgIpc) is 2.61. The molecular formula is C20H26N2O4S. The van der Waals surface area contributed by atoms with Crippen molar-refractivity contribution in [2.45, 2.75) is 26.8 Å². The predicted molar refractivity (Wildman–Crippen MR) is 108 cm³/mol. The number of nitrogens with zero attached hydrogens (tertiary/aromatic N) is 1. The molecule has 0 radical (unpaired) electrons. The third kappa shape index (κ3) is 5.23. The second-order valence-corrected chi connectivity index (χ2v) is 8.50. The van der Waals surface area contributed by atoms with Gasteiger partial charge in [0.1, 0.15) is 12.3 Å². The number of hydrogen-bond donors (Lipinski definition) is 1. The van der Waals surface area contributed by atoms with E-state index in [1.807, 2.05) is 57.2 Å². The summed E-state index contributed by atoms with van der Waals surface area (Å²) in [5, 5.41) is 2.85. The molecule has 0 bridgehead atoms. The molecule has 1 atom stereocenters. The average molecular weight is 391 g/mol. The lowest BCUT2D eigenvalue weighted by Gasteiger charge is -2.25. The highest BCUT2D eigenvalue weighted by atomic mass is 32.2. The number of hydrogen-bond acceptors (Lipinski definition) is 4. The fourth-order valence-corrected chi connectivity index (χ4v) is 3.79. The summed E-state index contributed by atoms with van der Waals surface area (Å²) < 4.78 is 31.1. The van der Waals surface area contributed by atoms with E-state index in [-0.39, 0.29) is 18.5 Å². The number of nitrogens with one attached hydrogen (secondary N) is 1. The maximum absolute atomic E-state index is 12.6. The predicted octanol–water partition coefficient (Wildman–Crippen LogP) is 2.96. The Kier molecular flexibility index (Phi) is 6.49. The van der Waals surface area contributed by atoms with Gasteiger partial charge in [-0.25, -0.2) is 8.42 Å². The molecule has 146 valence electrons. The van der Waals surface area contributed by atoms with Crippen molar-refractivity contribution in [1.82, 2.24) is 5.32 Å². The maximum Gasteiger partial charge on any atom is 0.241 e. The minimum Gasteiger partial charge on any atom is -0.496 e. The zero-order chi connectivity index (χ0) is 20.2. The number of aryl methyl sites for hydroxylation is 2. The molecule has 1 N–H and O–H groups in total. The van der Waals surface area contributed by atoms with E-state index in [1.54, 1.807) is 13.2 Å². The fourth-order valence-electron chi connectivity index (χ4n) is 2.89. The Morgan fingerprint density at radius 3 is 2.48 bits per heavy atom. The van der Waals surface area contributed by atoms with Crippen LogP contribution in [0.5, 0.6) is 5.75 Å². The first-order valence-corrected chi connectivity index (χ1v) is 10.5. The van der Waals surface area contributed by atoms with Gasteiger partial charge < -0.3 is 10.1 Å². The molecule has 2 aromatic rings. The Balaban J connectivity index is 2.23. The molecule has 2 rings (SSSR count). The molecule has 0 heterocycles. The molecule has 0 fully saturated rings. The molecule has 7 heteroatoms. The number of amides is 1. The van der Waals surface area contributed by atoms with Gasteiger partial charge in [0.15, 0.2) is 0 Å². The maximum atomic E-state index is 12.6. The van der Waals surface area contributed by atoms with Crippen LogP contribution in [-0.4, -0.2) is 34.2 Å². The largest absolute Gasteiger partial charge is 0.496 e. The van der Waals surface area contributed by atoms with Crippen molar-refractivity contribution < 1.29 is 17.9 Å². The number of carbonyl (C=O) groups is 1. The summed E-state index contributed by atoms with van der Waals surface area (Å²) in [6.07, 6.45) is 1.10. The fraction of sp³-hybridized carbons (Fsp3) is 0.350. The van der Waals surface area contributed by atoms with Gasteiger partial charge >= 0.3 is 0 Å². The smallest absolute Gasteiger partial charge is 0.241 e. The number of methoxy groups -OCH3 is 1. The summed E-state index contributed by atoms with van der Waals surface area (Å²) in [6.45, 7) is 5.25. The number of carbonyl (C=O) groups excluding carboxylic acids is 1. The molecule has 27 heavy (non-hydrogen) atoms. The van der Waals surface area contributed by atoms with E-state index < -0.39 is 10.0 Å². The third-order valence-electron chi connectivity index (χ3n) is 4.30. The Hall–Kier alpha value is -2.54. The molecule has 0 aliphatic heterocycles. The van der Waals surface area contributed by atoms with Crippen LogP contribution in [-0.2, 0) is 14.8 Å². The molecule has 2 aromatic carbocycles. The number of anilines is 1. The number of sulfonamides is 1. The highest BCUT2D eigenvalue weighted by Crippen LogP contribution is 2.26. The molecular weight excluding hydrogens is 364 g/mol. The van der Waals surface area contributed by atoms with Crippen molar-refractivity contribution in [2.75, 3.05) is 24.2 Å². The third-order valence-corrected chi connectivity index (χ3v) is 5.43. The second-order valence-electron chi connectivity index (χ2n) is 6.59. The summed E-state index contributed by atoms with van der Waals surface area (Å²) >= 11 is 0. The zero-order valence-corrected chi connectivity index (χ0v) is 17.1. The number of rotatable bonds is 7. The van der Waals surface area contributed by atoms with Crippen LogP contribution < -0.4 is 14.4 Å². The lowest BCUT2D eigenvalue weighted by molar-refractivity contribution is -0.120. The molecule has 0 aliphatic carbocycles. The van der Waals surface area contributed by atoms with Gasteiger partial charge in [0.2, 0.25) is 15.9 Å². The van der Waals surface area contributed by atoms with E-state index in [1.165, 1.54) is 0 Å². The molecule has 0 spiro atoms. The first-order valence-electron chi connectivity index (χ1n) is 8.60. The quantitative estimate of drug-likeness (QED) is 0.789. The highest BCUT2D eigenvalue weighted by molar-refractivity contribution is 7.92. The van der Waals surface area contributed by atoms with E-state index in [0.29, 0.717) is 11.4 Å². The number of benzene rings is 2. The van der Waals surface area contributed by atoms with Gasteiger partial charge in [-0.2, -0.15) is 0 Å². The molecule has 6 nitrogen and oxygen atoms in total. The van der Waals surface area contributed by atoms with Crippen LogP contribution in [0.2, 0.25) is 0 Å². The van der Waals surface area contributed by atoms with Crippen LogP contribution in [0.4, 0.5) is 5.69 Å². The second kappa shape index (κ2) is 8.43. The van der Waals surface area contributed by atoms with Crippen LogP contribution in [0.3, 0.4) is 0 Å². The molecule has 0 saturated heterocycles. The molecule has 1 unspecified atom stereocenters. The summed E-state index contributed by atoms with van der Waals surface area (Å²) in [6, 6.07) is 12.6. The minimum absolute atomic E-state index is 0.289. The van der Waals surface area contributed by atoms with Crippen LogP contribution in [0.25, 0.3) is 0 Å². The van der Waals surface area contributed by atoms with Gasteiger partial charge in [-0.05, 0) is 44.0 Å². The summed E-state index contributed by atoms with van der Waals surface area (Å²) in [5.41, 5.74) is 3.05. The van der Waals surface area contributed by atoms with Crippen LogP contribution in [0.15, 0.2) is 42.5 Å². The van der Waals surface area contributed by atoms with E-state index in [9.17, 15) is 13.2 Å². The molecule has 1 amide bonds. The summed E-state index contributed by atoms with van der Waals surface area (Å²) in [4.78, 5) is 12.6. The SMILES string of the molecule is COc1ccccc1C(C)NC(=O)CN(c1cc(C)ccc1C)S(C)(=O)=O. The van der Waals surface area contributed by atoms with Gasteiger partial charge in [0, 0.05) is 5.56 Å². The summed E-state index contributed by atoms with van der Waals surface area (Å²) in [7, 11) is -2.05. The van der Waals surface area contributed by atoms with Crippen molar-refractivity contribution in [1.29, 1.82) is 0 Å². The van der Waals surface area contributed by atoms with Crippen LogP contribution in [0, 0.1) is 13.8 Å². The Labute approximate surface area is 161 Å². The topological polar surface area (TPSA) is 75.7 Å². The Morgan fingerprint density at radius 2 is 1.85 bits per heavy atom. The highest BCUT2D eigenvalue weighted by Gasteiger charge is 2.24. The van der Waals surface area contributed by atoms with E-state index in [0.717, 1.165) is 27.3 Å². The first-order chi connectivity index (χ1) is 12.6. The van der Waals surface area contributed by atoms with Crippen LogP contribution >= 0.6 is 0 Å². The van der Waals surface area contributed by atoms with Crippen molar-refractivity contribution in [3.8, 4) is 5.75 Å². The lowest BCUT2D eigenvalue weighted by Crippen LogP contribution is -2.41. The van der Waals surface area contributed by atoms with Gasteiger partial charge in [-0.1, -0.05) is 30.3 Å². The van der Waals surface area contributed by atoms with Crippen molar-refractivity contribution >= 4 is 21.6 Å². The van der Waals surface area contributed by atoms with E-state index >= 15 is 0 Å². The first kappa shape index (κ1) is 20.8. The van der Waals surface area contributed by atoms with Gasteiger partial charge in [0.05, 0.1) is 25.1 Å².